The minimum atomic E-state index is -4.48. The summed E-state index contributed by atoms with van der Waals surface area (Å²) < 4.78 is 44.4. The predicted molar refractivity (Wildman–Crippen MR) is 70.9 cm³/mol. The molecule has 0 amide bonds. The zero-order valence-electron chi connectivity index (χ0n) is 11.4. The Morgan fingerprint density at radius 2 is 1.90 bits per heavy atom. The van der Waals surface area contributed by atoms with Gasteiger partial charge >= 0.3 is 6.18 Å². The van der Waals surface area contributed by atoms with Crippen LogP contribution in [-0.2, 0) is 19.3 Å². The van der Waals surface area contributed by atoms with Crippen LogP contribution in [0.15, 0.2) is 39.7 Å². The van der Waals surface area contributed by atoms with Crippen molar-refractivity contribution >= 4 is 0 Å². The van der Waals surface area contributed by atoms with Crippen LogP contribution in [0.5, 0.6) is 0 Å². The molecule has 0 radical (unpaired) electrons. The van der Waals surface area contributed by atoms with Gasteiger partial charge in [0.05, 0.1) is 18.7 Å². The summed E-state index contributed by atoms with van der Waals surface area (Å²) in [6.07, 6.45) is -3.68. The van der Waals surface area contributed by atoms with Crippen LogP contribution in [0.1, 0.15) is 24.0 Å². The molecule has 0 saturated heterocycles. The van der Waals surface area contributed by atoms with Crippen LogP contribution in [0, 0.1) is 0 Å². The first-order valence-corrected chi connectivity index (χ1v) is 6.46. The number of aromatic nitrogens is 1. The molecule has 0 saturated carbocycles. The van der Waals surface area contributed by atoms with E-state index < -0.39 is 17.3 Å². The van der Waals surface area contributed by atoms with E-state index in [1.54, 1.807) is 12.1 Å². The molecule has 0 aliphatic heterocycles. The highest BCUT2D eigenvalue weighted by Gasteiger charge is 2.31. The molecule has 2 aromatic heterocycles. The lowest BCUT2D eigenvalue weighted by atomic mass is 10.2. The van der Waals surface area contributed by atoms with Gasteiger partial charge in [0.1, 0.15) is 11.5 Å². The lowest BCUT2D eigenvalue weighted by molar-refractivity contribution is -0.138. The maximum absolute atomic E-state index is 12.6. The summed E-state index contributed by atoms with van der Waals surface area (Å²) >= 11 is 0. The van der Waals surface area contributed by atoms with Crippen LogP contribution in [-0.4, -0.2) is 11.1 Å². The van der Waals surface area contributed by atoms with E-state index in [0.717, 1.165) is 29.4 Å². The lowest BCUT2D eigenvalue weighted by Gasteiger charge is -2.09. The first-order valence-electron chi connectivity index (χ1n) is 6.46. The van der Waals surface area contributed by atoms with Crippen molar-refractivity contribution in [1.82, 2.24) is 9.88 Å². The van der Waals surface area contributed by atoms with Gasteiger partial charge in [0.25, 0.3) is 5.56 Å². The third-order valence-electron chi connectivity index (χ3n) is 2.90. The normalized spacial score (nSPS) is 11.8. The molecule has 2 heterocycles. The van der Waals surface area contributed by atoms with E-state index in [9.17, 15) is 18.0 Å². The zero-order valence-corrected chi connectivity index (χ0v) is 11.4. The van der Waals surface area contributed by atoms with Gasteiger partial charge in [0.15, 0.2) is 0 Å². The van der Waals surface area contributed by atoms with Crippen molar-refractivity contribution in [3.8, 4) is 0 Å². The highest BCUT2D eigenvalue weighted by Crippen LogP contribution is 2.28. The van der Waals surface area contributed by atoms with Gasteiger partial charge in [-0.1, -0.05) is 6.92 Å². The fourth-order valence-corrected chi connectivity index (χ4v) is 1.84. The molecule has 0 aliphatic carbocycles. The summed E-state index contributed by atoms with van der Waals surface area (Å²) in [6, 6.07) is 5.07. The topological polar surface area (TPSA) is 47.2 Å². The van der Waals surface area contributed by atoms with Crippen molar-refractivity contribution in [3.05, 3.63) is 57.9 Å². The Balaban J connectivity index is 2.19. The fourth-order valence-electron chi connectivity index (χ4n) is 1.84. The molecule has 0 spiro atoms. The van der Waals surface area contributed by atoms with Crippen LogP contribution >= 0.6 is 0 Å². The van der Waals surface area contributed by atoms with E-state index in [0.29, 0.717) is 18.1 Å². The number of furan rings is 1. The number of nitrogens with one attached hydrogen (secondary N) is 1. The van der Waals surface area contributed by atoms with Crippen molar-refractivity contribution < 1.29 is 17.6 Å². The van der Waals surface area contributed by atoms with Crippen LogP contribution < -0.4 is 10.9 Å². The van der Waals surface area contributed by atoms with Gasteiger partial charge in [-0.05, 0) is 24.7 Å². The molecule has 0 aromatic carbocycles. The van der Waals surface area contributed by atoms with E-state index in [4.69, 9.17) is 4.42 Å². The minimum absolute atomic E-state index is 0.0329. The summed E-state index contributed by atoms with van der Waals surface area (Å²) in [6.45, 7) is 3.23. The van der Waals surface area contributed by atoms with Gasteiger partial charge in [0, 0.05) is 12.3 Å². The van der Waals surface area contributed by atoms with Gasteiger partial charge in [-0.3, -0.25) is 4.79 Å². The lowest BCUT2D eigenvalue weighted by Crippen LogP contribution is -2.21. The summed E-state index contributed by atoms with van der Waals surface area (Å²) in [5.41, 5.74) is -1.37. The molecule has 114 valence electrons. The number of nitrogens with zero attached hydrogens (tertiary/aromatic N) is 1. The quantitative estimate of drug-likeness (QED) is 0.923. The Labute approximate surface area is 119 Å². The maximum Gasteiger partial charge on any atom is 0.417 e. The molecule has 0 bridgehead atoms. The molecule has 21 heavy (non-hydrogen) atoms. The van der Waals surface area contributed by atoms with Crippen molar-refractivity contribution in [3.63, 3.8) is 0 Å². The van der Waals surface area contributed by atoms with Gasteiger partial charge in [0.2, 0.25) is 0 Å². The second-order valence-electron chi connectivity index (χ2n) is 4.53. The van der Waals surface area contributed by atoms with Crippen molar-refractivity contribution in [2.24, 2.45) is 0 Å². The molecule has 7 heteroatoms. The summed E-state index contributed by atoms with van der Waals surface area (Å²) in [7, 11) is 0. The summed E-state index contributed by atoms with van der Waals surface area (Å²) in [4.78, 5) is 11.6. The molecule has 0 fully saturated rings. The minimum Gasteiger partial charge on any atom is -0.463 e. The number of halogens is 3. The molecule has 2 rings (SSSR count). The zero-order chi connectivity index (χ0) is 15.5. The molecule has 2 aromatic rings. The van der Waals surface area contributed by atoms with E-state index in [1.165, 1.54) is 0 Å². The Hall–Kier alpha value is -2.02. The monoisotopic (exact) mass is 300 g/mol. The third-order valence-corrected chi connectivity index (χ3v) is 2.90. The number of hydrogen-bond donors (Lipinski definition) is 1. The van der Waals surface area contributed by atoms with E-state index in [-0.39, 0.29) is 6.54 Å². The average molecular weight is 300 g/mol. The Kier molecular flexibility index (Phi) is 4.52. The molecular weight excluding hydrogens is 285 g/mol. The Bertz CT molecular complexity index is 659. The average Bonchev–Trinajstić information content (AvgIpc) is 2.85. The van der Waals surface area contributed by atoms with Gasteiger partial charge in [-0.25, -0.2) is 0 Å². The van der Waals surface area contributed by atoms with Crippen LogP contribution in [0.25, 0.3) is 0 Å². The molecule has 1 N–H and O–H groups in total. The molecule has 0 atom stereocenters. The molecule has 0 unspecified atom stereocenters. The Morgan fingerprint density at radius 3 is 2.57 bits per heavy atom. The number of rotatable bonds is 5. The first kappa shape index (κ1) is 15.4. The van der Waals surface area contributed by atoms with Crippen LogP contribution in [0.2, 0.25) is 0 Å². The largest absolute Gasteiger partial charge is 0.463 e. The highest BCUT2D eigenvalue weighted by atomic mass is 19.4. The summed E-state index contributed by atoms with van der Waals surface area (Å²) in [5.74, 6) is 1.11. The standard InChI is InChI=1S/C14H15F3N2O2/c1-2-18-7-11-4-5-12(21-11)9-19-8-10(14(15,16)17)3-6-13(19)20/h3-6,8,18H,2,7,9H2,1H3. The maximum atomic E-state index is 12.6. The van der Waals surface area contributed by atoms with E-state index in [1.807, 2.05) is 6.92 Å². The first-order chi connectivity index (χ1) is 9.90. The van der Waals surface area contributed by atoms with Gasteiger partial charge in [-0.2, -0.15) is 13.2 Å². The number of pyridine rings is 1. The SMILES string of the molecule is CCNCc1ccc(Cn2cc(C(F)(F)F)ccc2=O)o1. The van der Waals surface area contributed by atoms with E-state index >= 15 is 0 Å². The molecule has 0 aliphatic rings. The van der Waals surface area contributed by atoms with Gasteiger partial charge < -0.3 is 14.3 Å². The molecular formula is C14H15F3N2O2. The second-order valence-corrected chi connectivity index (χ2v) is 4.53. The van der Waals surface area contributed by atoms with Crippen molar-refractivity contribution in [1.29, 1.82) is 0 Å². The predicted octanol–water partition coefficient (Wildman–Crippen LogP) is 2.62. The number of alkyl halides is 3. The van der Waals surface area contributed by atoms with Crippen molar-refractivity contribution in [2.75, 3.05) is 6.54 Å². The third kappa shape index (κ3) is 3.98. The molecule has 4 nitrogen and oxygen atoms in total. The van der Waals surface area contributed by atoms with Crippen molar-refractivity contribution in [2.45, 2.75) is 26.2 Å². The second kappa shape index (κ2) is 6.17. The van der Waals surface area contributed by atoms with Crippen LogP contribution in [0.4, 0.5) is 13.2 Å². The Morgan fingerprint density at radius 1 is 1.19 bits per heavy atom. The van der Waals surface area contributed by atoms with Gasteiger partial charge in [-0.15, -0.1) is 0 Å². The van der Waals surface area contributed by atoms with Crippen LogP contribution in [0.3, 0.4) is 0 Å². The fraction of sp³-hybridized carbons (Fsp3) is 0.357. The van der Waals surface area contributed by atoms with E-state index in [2.05, 4.69) is 5.32 Å². The smallest absolute Gasteiger partial charge is 0.417 e. The summed E-state index contributed by atoms with van der Waals surface area (Å²) in [5, 5.41) is 3.07. The highest BCUT2D eigenvalue weighted by molar-refractivity contribution is 5.15. The number of hydrogen-bond acceptors (Lipinski definition) is 3.